The molecule has 1 aromatic carbocycles. The quantitative estimate of drug-likeness (QED) is 0.701. The molecule has 2 heteroatoms. The van der Waals surface area contributed by atoms with Crippen molar-refractivity contribution in [2.75, 3.05) is 13.7 Å². The van der Waals surface area contributed by atoms with Crippen molar-refractivity contribution < 1.29 is 4.74 Å². The van der Waals surface area contributed by atoms with Crippen LogP contribution in [0.4, 0.5) is 0 Å². The van der Waals surface area contributed by atoms with Gasteiger partial charge in [0.25, 0.3) is 0 Å². The van der Waals surface area contributed by atoms with Crippen molar-refractivity contribution in [2.24, 2.45) is 0 Å². The van der Waals surface area contributed by atoms with Crippen molar-refractivity contribution in [3.63, 3.8) is 0 Å². The SMILES string of the molecule is COc1ccc(C(C)(C)C)cc1CCCCCNC(C)C. The van der Waals surface area contributed by atoms with Crippen LogP contribution in [0, 0.1) is 0 Å². The first-order chi connectivity index (χ1) is 9.84. The van der Waals surface area contributed by atoms with Gasteiger partial charge in [-0.15, -0.1) is 0 Å². The third-order valence-corrected chi connectivity index (χ3v) is 3.82. The summed E-state index contributed by atoms with van der Waals surface area (Å²) < 4.78 is 5.51. The number of benzene rings is 1. The molecular formula is C19H33NO. The first kappa shape index (κ1) is 18.0. The van der Waals surface area contributed by atoms with E-state index in [2.05, 4.69) is 58.1 Å². The Hall–Kier alpha value is -1.02. The fourth-order valence-corrected chi connectivity index (χ4v) is 2.45. The van der Waals surface area contributed by atoms with Crippen LogP contribution in [0.2, 0.25) is 0 Å². The second-order valence-electron chi connectivity index (χ2n) is 7.20. The van der Waals surface area contributed by atoms with Crippen LogP contribution < -0.4 is 10.1 Å². The Bertz CT molecular complexity index is 418. The second-order valence-corrected chi connectivity index (χ2v) is 7.20. The highest BCUT2D eigenvalue weighted by atomic mass is 16.5. The lowest BCUT2D eigenvalue weighted by Crippen LogP contribution is -2.23. The summed E-state index contributed by atoms with van der Waals surface area (Å²) in [5.41, 5.74) is 2.93. The minimum Gasteiger partial charge on any atom is -0.496 e. The van der Waals surface area contributed by atoms with Gasteiger partial charge < -0.3 is 10.1 Å². The highest BCUT2D eigenvalue weighted by Gasteiger charge is 2.15. The summed E-state index contributed by atoms with van der Waals surface area (Å²) in [7, 11) is 1.77. The van der Waals surface area contributed by atoms with E-state index in [1.165, 1.54) is 30.4 Å². The van der Waals surface area contributed by atoms with E-state index >= 15 is 0 Å². The third kappa shape index (κ3) is 6.52. The van der Waals surface area contributed by atoms with E-state index in [0.717, 1.165) is 18.7 Å². The largest absolute Gasteiger partial charge is 0.496 e. The molecular weight excluding hydrogens is 258 g/mol. The fourth-order valence-electron chi connectivity index (χ4n) is 2.45. The standard InChI is InChI=1S/C19H33NO/c1-15(2)20-13-9-7-8-10-16-14-17(19(3,4)5)11-12-18(16)21-6/h11-12,14-15,20H,7-10,13H2,1-6H3. The van der Waals surface area contributed by atoms with Crippen LogP contribution in [-0.4, -0.2) is 19.7 Å². The predicted octanol–water partition coefficient (Wildman–Crippen LogP) is 4.70. The summed E-state index contributed by atoms with van der Waals surface area (Å²) in [6, 6.07) is 7.23. The van der Waals surface area contributed by atoms with Crippen LogP contribution in [0.1, 0.15) is 65.0 Å². The topological polar surface area (TPSA) is 21.3 Å². The molecule has 0 aliphatic rings. The summed E-state index contributed by atoms with van der Waals surface area (Å²) in [4.78, 5) is 0. The lowest BCUT2D eigenvalue weighted by Gasteiger charge is -2.21. The molecule has 0 unspecified atom stereocenters. The Labute approximate surface area is 131 Å². The van der Waals surface area contributed by atoms with E-state index in [9.17, 15) is 0 Å². The van der Waals surface area contributed by atoms with Gasteiger partial charge in [0.15, 0.2) is 0 Å². The normalized spacial score (nSPS) is 12.0. The molecule has 0 radical (unpaired) electrons. The molecule has 0 aromatic heterocycles. The number of nitrogens with one attached hydrogen (secondary N) is 1. The Kier molecular flexibility index (Phi) is 7.24. The van der Waals surface area contributed by atoms with E-state index in [1.54, 1.807) is 7.11 Å². The van der Waals surface area contributed by atoms with Gasteiger partial charge in [-0.3, -0.25) is 0 Å². The first-order valence-corrected chi connectivity index (χ1v) is 8.25. The maximum absolute atomic E-state index is 5.51. The Balaban J connectivity index is 2.53. The van der Waals surface area contributed by atoms with Gasteiger partial charge in [0.1, 0.15) is 5.75 Å². The van der Waals surface area contributed by atoms with E-state index in [0.29, 0.717) is 6.04 Å². The van der Waals surface area contributed by atoms with E-state index in [1.807, 2.05) is 0 Å². The molecule has 21 heavy (non-hydrogen) atoms. The number of methoxy groups -OCH3 is 1. The molecule has 1 rings (SSSR count). The number of hydrogen-bond donors (Lipinski definition) is 1. The average molecular weight is 291 g/mol. The number of rotatable bonds is 8. The summed E-state index contributed by atoms with van der Waals surface area (Å²) in [5, 5.41) is 3.47. The van der Waals surface area contributed by atoms with Crippen LogP contribution >= 0.6 is 0 Å². The Morgan fingerprint density at radius 3 is 2.38 bits per heavy atom. The van der Waals surface area contributed by atoms with Crippen LogP contribution in [0.15, 0.2) is 18.2 Å². The zero-order chi connectivity index (χ0) is 15.9. The maximum Gasteiger partial charge on any atom is 0.122 e. The number of ether oxygens (including phenoxy) is 1. The molecule has 0 saturated heterocycles. The minimum absolute atomic E-state index is 0.197. The van der Waals surface area contributed by atoms with Crippen LogP contribution in [0.25, 0.3) is 0 Å². The first-order valence-electron chi connectivity index (χ1n) is 8.25. The zero-order valence-corrected chi connectivity index (χ0v) is 14.8. The third-order valence-electron chi connectivity index (χ3n) is 3.82. The number of hydrogen-bond acceptors (Lipinski definition) is 2. The summed E-state index contributed by atoms with van der Waals surface area (Å²) in [6.07, 6.45) is 4.85. The second kappa shape index (κ2) is 8.43. The van der Waals surface area contributed by atoms with Gasteiger partial charge in [-0.2, -0.15) is 0 Å². The van der Waals surface area contributed by atoms with Crippen LogP contribution in [0.5, 0.6) is 5.75 Å². The number of aryl methyl sites for hydroxylation is 1. The van der Waals surface area contributed by atoms with Crippen molar-refractivity contribution in [1.29, 1.82) is 0 Å². The van der Waals surface area contributed by atoms with Crippen molar-refractivity contribution in [3.05, 3.63) is 29.3 Å². The molecule has 0 heterocycles. The highest BCUT2D eigenvalue weighted by Crippen LogP contribution is 2.28. The van der Waals surface area contributed by atoms with Gasteiger partial charge in [0.2, 0.25) is 0 Å². The van der Waals surface area contributed by atoms with Gasteiger partial charge in [-0.1, -0.05) is 53.2 Å². The molecule has 0 saturated carbocycles. The Morgan fingerprint density at radius 2 is 1.81 bits per heavy atom. The van der Waals surface area contributed by atoms with E-state index in [4.69, 9.17) is 4.74 Å². The monoisotopic (exact) mass is 291 g/mol. The van der Waals surface area contributed by atoms with Gasteiger partial charge in [0, 0.05) is 6.04 Å². The molecule has 0 aliphatic heterocycles. The lowest BCUT2D eigenvalue weighted by atomic mass is 9.85. The summed E-state index contributed by atoms with van der Waals surface area (Å²) >= 11 is 0. The van der Waals surface area contributed by atoms with Crippen molar-refractivity contribution in [3.8, 4) is 5.75 Å². The molecule has 0 amide bonds. The molecule has 0 atom stereocenters. The molecule has 120 valence electrons. The Morgan fingerprint density at radius 1 is 1.10 bits per heavy atom. The summed E-state index contributed by atoms with van der Waals surface area (Å²) in [5.74, 6) is 1.03. The van der Waals surface area contributed by atoms with Gasteiger partial charge >= 0.3 is 0 Å². The zero-order valence-electron chi connectivity index (χ0n) is 14.8. The minimum atomic E-state index is 0.197. The molecule has 0 bridgehead atoms. The van der Waals surface area contributed by atoms with Crippen molar-refractivity contribution in [2.45, 2.75) is 71.8 Å². The smallest absolute Gasteiger partial charge is 0.122 e. The molecule has 0 spiro atoms. The van der Waals surface area contributed by atoms with Crippen LogP contribution in [-0.2, 0) is 11.8 Å². The van der Waals surface area contributed by atoms with Gasteiger partial charge in [-0.25, -0.2) is 0 Å². The fraction of sp³-hybridized carbons (Fsp3) is 0.684. The lowest BCUT2D eigenvalue weighted by molar-refractivity contribution is 0.408. The molecule has 1 N–H and O–H groups in total. The van der Waals surface area contributed by atoms with Gasteiger partial charge in [-0.05, 0) is 48.4 Å². The average Bonchev–Trinajstić information content (AvgIpc) is 2.41. The molecule has 1 aromatic rings. The van der Waals surface area contributed by atoms with Crippen molar-refractivity contribution >= 4 is 0 Å². The molecule has 0 fully saturated rings. The summed E-state index contributed by atoms with van der Waals surface area (Å²) in [6.45, 7) is 12.3. The number of unbranched alkanes of at least 4 members (excludes halogenated alkanes) is 2. The molecule has 2 nitrogen and oxygen atoms in total. The van der Waals surface area contributed by atoms with Crippen LogP contribution in [0.3, 0.4) is 0 Å². The van der Waals surface area contributed by atoms with Crippen molar-refractivity contribution in [1.82, 2.24) is 5.32 Å². The van der Waals surface area contributed by atoms with Gasteiger partial charge in [0.05, 0.1) is 7.11 Å². The van der Waals surface area contributed by atoms with E-state index < -0.39 is 0 Å². The van der Waals surface area contributed by atoms with E-state index in [-0.39, 0.29) is 5.41 Å². The molecule has 0 aliphatic carbocycles. The predicted molar refractivity (Wildman–Crippen MR) is 92.4 cm³/mol. The maximum atomic E-state index is 5.51. The highest BCUT2D eigenvalue weighted by molar-refractivity contribution is 5.39.